The van der Waals surface area contributed by atoms with E-state index in [1.54, 1.807) is 0 Å². The van der Waals surface area contributed by atoms with Gasteiger partial charge in [-0.05, 0) is 6.92 Å². The van der Waals surface area contributed by atoms with E-state index in [1.807, 2.05) is 0 Å². The van der Waals surface area contributed by atoms with Crippen molar-refractivity contribution < 1.29 is 38.8 Å². The predicted molar refractivity (Wildman–Crippen MR) is 90.6 cm³/mol. The number of hydrogen-bond acceptors (Lipinski definition) is 10. The van der Waals surface area contributed by atoms with Crippen molar-refractivity contribution in [3.63, 3.8) is 0 Å². The summed E-state index contributed by atoms with van der Waals surface area (Å²) in [5.41, 5.74) is 0. The van der Waals surface area contributed by atoms with Gasteiger partial charge in [-0.25, -0.2) is 4.79 Å². The van der Waals surface area contributed by atoms with Gasteiger partial charge in [0.25, 0.3) is 0 Å². The molecule has 0 spiro atoms. The summed E-state index contributed by atoms with van der Waals surface area (Å²) in [6.07, 6.45) is 0.551. The zero-order chi connectivity index (χ0) is 18.7. The van der Waals surface area contributed by atoms with Crippen LogP contribution in [-0.2, 0) is 28.6 Å². The van der Waals surface area contributed by atoms with Crippen LogP contribution in [0.3, 0.4) is 0 Å². The summed E-state index contributed by atoms with van der Waals surface area (Å²) < 4.78 is 13.3. The first-order chi connectivity index (χ1) is 10.8. The Morgan fingerprint density at radius 2 is 1.48 bits per heavy atom. The minimum atomic E-state index is -0.560. The Labute approximate surface area is 146 Å². The molecule has 0 saturated carbocycles. The molecule has 0 saturated heterocycles. The predicted octanol–water partition coefficient (Wildman–Crippen LogP) is -0.363. The number of esters is 3. The molecule has 0 heterocycles. The van der Waals surface area contributed by atoms with Crippen molar-refractivity contribution in [3.8, 4) is 0 Å². The standard InChI is InChI=1S/C6H10O4S2.C4H6O2.C3H8O2/c7-5(3-11)9-1-2-10-6(8)4-12;1-3-4(5)6-2;1-3(5)2-4/h11-12H,1-4H2;3H,1H2,2H3;3-5H,2H2,1H3. The Morgan fingerprint density at radius 1 is 1.13 bits per heavy atom. The smallest absolute Gasteiger partial charge is 0.329 e. The second kappa shape index (κ2) is 20.8. The number of carbonyl (C=O) groups excluding carboxylic acids is 3. The van der Waals surface area contributed by atoms with Gasteiger partial charge in [-0.3, -0.25) is 9.59 Å². The maximum atomic E-state index is 10.5. The summed E-state index contributed by atoms with van der Waals surface area (Å²) in [6, 6.07) is 0. The highest BCUT2D eigenvalue weighted by Crippen LogP contribution is 1.85. The summed E-state index contributed by atoms with van der Waals surface area (Å²) >= 11 is 7.36. The molecular weight excluding hydrogens is 348 g/mol. The Bertz CT molecular complexity index is 316. The van der Waals surface area contributed by atoms with Crippen LogP contribution >= 0.6 is 25.3 Å². The number of thiol groups is 2. The van der Waals surface area contributed by atoms with Crippen molar-refractivity contribution in [3.05, 3.63) is 12.7 Å². The molecule has 0 aromatic heterocycles. The molecule has 1 atom stereocenters. The molecule has 1 unspecified atom stereocenters. The van der Waals surface area contributed by atoms with E-state index in [4.69, 9.17) is 10.2 Å². The average molecular weight is 372 g/mol. The lowest BCUT2D eigenvalue weighted by molar-refractivity contribution is -0.148. The summed E-state index contributed by atoms with van der Waals surface area (Å²) in [5.74, 6) is -1.20. The van der Waals surface area contributed by atoms with Crippen LogP contribution in [0.4, 0.5) is 0 Å². The molecule has 2 N–H and O–H groups in total. The molecule has 0 rings (SSSR count). The molecule has 10 heteroatoms. The number of methoxy groups -OCH3 is 1. The molecule has 0 aliphatic heterocycles. The number of hydrogen-bond donors (Lipinski definition) is 4. The minimum Gasteiger partial charge on any atom is -0.466 e. The number of aliphatic hydroxyl groups is 2. The van der Waals surface area contributed by atoms with Crippen LogP contribution in [0.5, 0.6) is 0 Å². The van der Waals surface area contributed by atoms with E-state index in [0.29, 0.717) is 0 Å². The SMILES string of the molecule is C=CC(=O)OC.CC(O)CO.O=C(CS)OCCOC(=O)CS. The third-order valence-electron chi connectivity index (χ3n) is 1.50. The van der Waals surface area contributed by atoms with Gasteiger partial charge in [0.15, 0.2) is 0 Å². The zero-order valence-electron chi connectivity index (χ0n) is 13.1. The number of ether oxygens (including phenoxy) is 3. The van der Waals surface area contributed by atoms with Crippen LogP contribution in [0.15, 0.2) is 12.7 Å². The van der Waals surface area contributed by atoms with Gasteiger partial charge < -0.3 is 24.4 Å². The average Bonchev–Trinajstić information content (AvgIpc) is 2.58. The normalized spacial score (nSPS) is 9.83. The summed E-state index contributed by atoms with van der Waals surface area (Å²) in [4.78, 5) is 30.8. The maximum Gasteiger partial charge on any atom is 0.329 e. The number of aliphatic hydroxyl groups excluding tert-OH is 2. The van der Waals surface area contributed by atoms with Crippen molar-refractivity contribution in [2.45, 2.75) is 13.0 Å². The van der Waals surface area contributed by atoms with Gasteiger partial charge in [-0.1, -0.05) is 6.58 Å². The number of carbonyl (C=O) groups is 3. The molecule has 0 aliphatic rings. The first-order valence-corrected chi connectivity index (χ1v) is 7.57. The molecule has 0 radical (unpaired) electrons. The largest absolute Gasteiger partial charge is 0.466 e. The van der Waals surface area contributed by atoms with Crippen LogP contribution in [0, 0.1) is 0 Å². The fraction of sp³-hybridized carbons (Fsp3) is 0.615. The molecule has 136 valence electrons. The molecule has 0 aromatic carbocycles. The van der Waals surface area contributed by atoms with E-state index in [0.717, 1.165) is 6.08 Å². The molecule has 0 amide bonds. The minimum absolute atomic E-state index is 0.0283. The topological polar surface area (TPSA) is 119 Å². The lowest BCUT2D eigenvalue weighted by Crippen LogP contribution is -2.14. The maximum absolute atomic E-state index is 10.5. The van der Waals surface area contributed by atoms with E-state index in [9.17, 15) is 14.4 Å². The second-order valence-electron chi connectivity index (χ2n) is 3.52. The molecule has 8 nitrogen and oxygen atoms in total. The summed E-state index contributed by atoms with van der Waals surface area (Å²) in [7, 11) is 1.31. The quantitative estimate of drug-likeness (QED) is 0.157. The summed E-state index contributed by atoms with van der Waals surface area (Å²) in [5, 5.41) is 16.0. The van der Waals surface area contributed by atoms with Gasteiger partial charge in [-0.2, -0.15) is 25.3 Å². The van der Waals surface area contributed by atoms with E-state index < -0.39 is 24.0 Å². The van der Waals surface area contributed by atoms with E-state index in [-0.39, 0.29) is 31.3 Å². The van der Waals surface area contributed by atoms with Crippen LogP contribution < -0.4 is 0 Å². The fourth-order valence-corrected chi connectivity index (χ4v) is 0.668. The van der Waals surface area contributed by atoms with Crippen molar-refractivity contribution in [1.29, 1.82) is 0 Å². The highest BCUT2D eigenvalue weighted by molar-refractivity contribution is 7.81. The number of rotatable bonds is 7. The monoisotopic (exact) mass is 372 g/mol. The summed E-state index contributed by atoms with van der Waals surface area (Å²) in [6.45, 7) is 4.68. The van der Waals surface area contributed by atoms with Gasteiger partial charge in [0.1, 0.15) is 13.2 Å². The molecule has 0 bridgehead atoms. The highest BCUT2D eigenvalue weighted by atomic mass is 32.1. The lowest BCUT2D eigenvalue weighted by atomic mass is 10.5. The van der Waals surface area contributed by atoms with Crippen molar-refractivity contribution in [2.24, 2.45) is 0 Å². The Kier molecular flexibility index (Phi) is 24.1. The first kappa shape index (κ1) is 26.7. The van der Waals surface area contributed by atoms with Crippen LogP contribution in [0.2, 0.25) is 0 Å². The Morgan fingerprint density at radius 3 is 1.61 bits per heavy atom. The third-order valence-corrected chi connectivity index (χ3v) is 2.02. The molecule has 0 aromatic rings. The van der Waals surface area contributed by atoms with Crippen LogP contribution in [-0.4, -0.2) is 72.7 Å². The third kappa shape index (κ3) is 29.4. The molecule has 0 aliphatic carbocycles. The zero-order valence-corrected chi connectivity index (χ0v) is 14.9. The fourth-order valence-electron chi connectivity index (χ4n) is 0.486. The van der Waals surface area contributed by atoms with Crippen molar-refractivity contribution >= 4 is 43.2 Å². The van der Waals surface area contributed by atoms with E-state index in [2.05, 4.69) is 46.0 Å². The van der Waals surface area contributed by atoms with Gasteiger partial charge in [-0.15, -0.1) is 0 Å². The Balaban J connectivity index is -0.000000303. The highest BCUT2D eigenvalue weighted by Gasteiger charge is 2.00. The molecule has 0 fully saturated rings. The lowest BCUT2D eigenvalue weighted by Gasteiger charge is -2.03. The van der Waals surface area contributed by atoms with Crippen LogP contribution in [0.25, 0.3) is 0 Å². The van der Waals surface area contributed by atoms with Crippen LogP contribution in [0.1, 0.15) is 6.92 Å². The molecular formula is C13H24O8S2. The van der Waals surface area contributed by atoms with Gasteiger partial charge in [0.05, 0.1) is 31.3 Å². The van der Waals surface area contributed by atoms with Crippen molar-refractivity contribution in [2.75, 3.05) is 38.4 Å². The molecule has 23 heavy (non-hydrogen) atoms. The van der Waals surface area contributed by atoms with Gasteiger partial charge >= 0.3 is 17.9 Å². The van der Waals surface area contributed by atoms with E-state index in [1.165, 1.54) is 14.0 Å². The van der Waals surface area contributed by atoms with Gasteiger partial charge in [0, 0.05) is 6.08 Å². The van der Waals surface area contributed by atoms with Gasteiger partial charge in [0.2, 0.25) is 0 Å². The van der Waals surface area contributed by atoms with E-state index >= 15 is 0 Å². The first-order valence-electron chi connectivity index (χ1n) is 6.31. The van der Waals surface area contributed by atoms with Crippen molar-refractivity contribution in [1.82, 2.24) is 0 Å². The Hall–Kier alpha value is -1.23. The second-order valence-corrected chi connectivity index (χ2v) is 4.15.